The molecule has 1 heterocycles. The van der Waals surface area contributed by atoms with E-state index in [4.69, 9.17) is 11.6 Å². The molecule has 0 fully saturated rings. The number of rotatable bonds is 3. The van der Waals surface area contributed by atoms with Crippen LogP contribution < -0.4 is 5.32 Å². The van der Waals surface area contributed by atoms with Gasteiger partial charge in [0.25, 0.3) is 5.91 Å². The van der Waals surface area contributed by atoms with Crippen LogP contribution in [0.1, 0.15) is 22.1 Å². The van der Waals surface area contributed by atoms with Gasteiger partial charge in [-0.15, -0.1) is 0 Å². The molecule has 0 aliphatic rings. The van der Waals surface area contributed by atoms with Crippen LogP contribution in [0.2, 0.25) is 5.02 Å². The Morgan fingerprint density at radius 1 is 1.42 bits per heavy atom. The number of halogens is 1. The van der Waals surface area contributed by atoms with E-state index in [2.05, 4.69) is 11.4 Å². The van der Waals surface area contributed by atoms with Gasteiger partial charge in [0.2, 0.25) is 0 Å². The largest absolute Gasteiger partial charge is 0.347 e. The first kappa shape index (κ1) is 13.2. The first-order chi connectivity index (χ1) is 9.11. The Labute approximate surface area is 116 Å². The molecule has 96 valence electrons. The zero-order valence-corrected chi connectivity index (χ0v) is 11.1. The Morgan fingerprint density at radius 3 is 2.79 bits per heavy atom. The van der Waals surface area contributed by atoms with Gasteiger partial charge >= 0.3 is 0 Å². The third kappa shape index (κ3) is 2.95. The number of amides is 1. The molecule has 1 aromatic heterocycles. The number of aryl methyl sites for hydroxylation is 1. The summed E-state index contributed by atoms with van der Waals surface area (Å²) in [6.45, 7) is 0. The van der Waals surface area contributed by atoms with Gasteiger partial charge < -0.3 is 9.88 Å². The molecule has 19 heavy (non-hydrogen) atoms. The summed E-state index contributed by atoms with van der Waals surface area (Å²) in [4.78, 5) is 12.0. The molecule has 0 saturated heterocycles. The normalized spacial score (nSPS) is 11.6. The van der Waals surface area contributed by atoms with Gasteiger partial charge in [0.1, 0.15) is 11.7 Å². The average molecular weight is 274 g/mol. The Kier molecular flexibility index (Phi) is 3.88. The topological polar surface area (TPSA) is 57.8 Å². The number of hydrogen-bond donors (Lipinski definition) is 1. The van der Waals surface area contributed by atoms with Gasteiger partial charge in [0, 0.05) is 18.3 Å². The third-order valence-corrected chi connectivity index (χ3v) is 3.00. The summed E-state index contributed by atoms with van der Waals surface area (Å²) in [6.07, 6.45) is 1.77. The molecule has 4 nitrogen and oxygen atoms in total. The monoisotopic (exact) mass is 273 g/mol. The second-order valence-corrected chi connectivity index (χ2v) is 4.53. The van der Waals surface area contributed by atoms with Gasteiger partial charge in [-0.25, -0.2) is 0 Å². The summed E-state index contributed by atoms with van der Waals surface area (Å²) in [5.41, 5.74) is 1.17. The Balaban J connectivity index is 2.19. The molecule has 0 aliphatic heterocycles. The molecular formula is C14H12ClN3O. The molecule has 0 radical (unpaired) electrons. The van der Waals surface area contributed by atoms with Crippen LogP contribution in [0.25, 0.3) is 0 Å². The Morgan fingerprint density at radius 2 is 2.21 bits per heavy atom. The molecule has 0 aliphatic carbocycles. The lowest BCUT2D eigenvalue weighted by Gasteiger charge is -2.12. The quantitative estimate of drug-likeness (QED) is 0.935. The summed E-state index contributed by atoms with van der Waals surface area (Å²) in [5.74, 6) is -0.293. The van der Waals surface area contributed by atoms with Crippen molar-refractivity contribution in [1.29, 1.82) is 5.26 Å². The third-order valence-electron chi connectivity index (χ3n) is 2.76. The predicted octanol–water partition coefficient (Wildman–Crippen LogP) is 2.67. The first-order valence-electron chi connectivity index (χ1n) is 5.69. The minimum absolute atomic E-state index is 0.293. The van der Waals surface area contributed by atoms with E-state index in [-0.39, 0.29) is 5.91 Å². The molecule has 0 spiro atoms. The molecule has 0 saturated carbocycles. The summed E-state index contributed by atoms with van der Waals surface area (Å²) >= 11 is 5.88. The zero-order chi connectivity index (χ0) is 13.8. The van der Waals surface area contributed by atoms with Crippen LogP contribution in [0.15, 0.2) is 42.6 Å². The lowest BCUT2D eigenvalue weighted by Crippen LogP contribution is -2.29. The first-order valence-corrected chi connectivity index (χ1v) is 6.07. The smallest absolute Gasteiger partial charge is 0.269 e. The van der Waals surface area contributed by atoms with Crippen LogP contribution in [0.3, 0.4) is 0 Å². The number of hydrogen-bond acceptors (Lipinski definition) is 2. The average Bonchev–Trinajstić information content (AvgIpc) is 2.82. The summed E-state index contributed by atoms with van der Waals surface area (Å²) in [6, 6.07) is 11.7. The van der Waals surface area contributed by atoms with Crippen molar-refractivity contribution in [1.82, 2.24) is 9.88 Å². The Bertz CT molecular complexity index is 642. The maximum atomic E-state index is 12.0. The molecule has 0 bridgehead atoms. The standard InChI is InChI=1S/C14H12ClN3O/c1-18-7-3-6-13(18)14(19)17-12(9-16)10-4-2-5-11(15)8-10/h2-8,12H,1H3,(H,17,19). The van der Waals surface area contributed by atoms with Gasteiger partial charge in [0.05, 0.1) is 6.07 Å². The van der Waals surface area contributed by atoms with Gasteiger partial charge in [-0.3, -0.25) is 4.79 Å². The van der Waals surface area contributed by atoms with E-state index in [1.54, 1.807) is 54.2 Å². The van der Waals surface area contributed by atoms with Crippen LogP contribution >= 0.6 is 11.6 Å². The number of carbonyl (C=O) groups excluding carboxylic acids is 1. The van der Waals surface area contributed by atoms with Crippen molar-refractivity contribution in [2.75, 3.05) is 0 Å². The van der Waals surface area contributed by atoms with Crippen LogP contribution in [0.4, 0.5) is 0 Å². The van der Waals surface area contributed by atoms with E-state index < -0.39 is 6.04 Å². The van der Waals surface area contributed by atoms with Crippen molar-refractivity contribution in [2.45, 2.75) is 6.04 Å². The molecule has 2 rings (SSSR count). The summed E-state index contributed by atoms with van der Waals surface area (Å²) in [5, 5.41) is 12.4. The number of nitrogens with one attached hydrogen (secondary N) is 1. The van der Waals surface area contributed by atoms with Crippen molar-refractivity contribution in [2.24, 2.45) is 7.05 Å². The number of nitrogens with zero attached hydrogens (tertiary/aromatic N) is 2. The highest BCUT2D eigenvalue weighted by molar-refractivity contribution is 6.30. The molecule has 1 amide bonds. The van der Waals surface area contributed by atoms with Crippen molar-refractivity contribution in [3.63, 3.8) is 0 Å². The van der Waals surface area contributed by atoms with Crippen molar-refractivity contribution < 1.29 is 4.79 Å². The second-order valence-electron chi connectivity index (χ2n) is 4.09. The lowest BCUT2D eigenvalue weighted by molar-refractivity contribution is 0.0937. The molecule has 1 aromatic carbocycles. The van der Waals surface area contributed by atoms with Gasteiger partial charge in [-0.05, 0) is 29.8 Å². The molecule has 1 N–H and O–H groups in total. The summed E-state index contributed by atoms with van der Waals surface area (Å²) in [7, 11) is 1.77. The predicted molar refractivity (Wildman–Crippen MR) is 72.7 cm³/mol. The maximum Gasteiger partial charge on any atom is 0.269 e. The second kappa shape index (κ2) is 5.59. The fraction of sp³-hybridized carbons (Fsp3) is 0.143. The van der Waals surface area contributed by atoms with Crippen molar-refractivity contribution in [3.05, 3.63) is 58.9 Å². The molecular weight excluding hydrogens is 262 g/mol. The highest BCUT2D eigenvalue weighted by atomic mass is 35.5. The van der Waals surface area contributed by atoms with Gasteiger partial charge in [0.15, 0.2) is 0 Å². The zero-order valence-electron chi connectivity index (χ0n) is 10.3. The highest BCUT2D eigenvalue weighted by Gasteiger charge is 2.16. The summed E-state index contributed by atoms with van der Waals surface area (Å²) < 4.78 is 1.70. The maximum absolute atomic E-state index is 12.0. The van der Waals surface area contributed by atoms with E-state index in [0.29, 0.717) is 16.3 Å². The van der Waals surface area contributed by atoms with E-state index in [0.717, 1.165) is 0 Å². The SMILES string of the molecule is Cn1cccc1C(=O)NC(C#N)c1cccc(Cl)c1. The van der Waals surface area contributed by atoms with Crippen LogP contribution in [-0.4, -0.2) is 10.5 Å². The number of aromatic nitrogens is 1. The minimum Gasteiger partial charge on any atom is -0.347 e. The molecule has 5 heteroatoms. The molecule has 2 aromatic rings. The van der Waals surface area contributed by atoms with E-state index >= 15 is 0 Å². The molecule has 1 unspecified atom stereocenters. The van der Waals surface area contributed by atoms with Crippen LogP contribution in [-0.2, 0) is 7.05 Å². The van der Waals surface area contributed by atoms with Crippen LogP contribution in [0.5, 0.6) is 0 Å². The van der Waals surface area contributed by atoms with E-state index in [1.165, 1.54) is 0 Å². The fourth-order valence-corrected chi connectivity index (χ4v) is 1.98. The number of nitriles is 1. The van der Waals surface area contributed by atoms with Crippen LogP contribution in [0, 0.1) is 11.3 Å². The van der Waals surface area contributed by atoms with Crippen molar-refractivity contribution in [3.8, 4) is 6.07 Å². The van der Waals surface area contributed by atoms with E-state index in [9.17, 15) is 10.1 Å². The van der Waals surface area contributed by atoms with E-state index in [1.807, 2.05) is 0 Å². The molecule has 1 atom stereocenters. The van der Waals surface area contributed by atoms with Gasteiger partial charge in [-0.1, -0.05) is 23.7 Å². The van der Waals surface area contributed by atoms with Crippen molar-refractivity contribution >= 4 is 17.5 Å². The fourth-order valence-electron chi connectivity index (χ4n) is 1.78. The lowest BCUT2D eigenvalue weighted by atomic mass is 10.1. The Hall–Kier alpha value is -2.25. The minimum atomic E-state index is -0.721. The number of carbonyl (C=O) groups is 1. The highest BCUT2D eigenvalue weighted by Crippen LogP contribution is 2.17. The van der Waals surface area contributed by atoms with Gasteiger partial charge in [-0.2, -0.15) is 5.26 Å². The number of benzene rings is 1.